The number of rotatable bonds is 18. The van der Waals surface area contributed by atoms with Crippen molar-refractivity contribution in [3.8, 4) is 11.1 Å². The molecule has 0 bridgehead atoms. The van der Waals surface area contributed by atoms with Crippen LogP contribution in [0.3, 0.4) is 0 Å². The molecule has 376 valence electrons. The highest BCUT2D eigenvalue weighted by atomic mass is 16.7. The largest absolute Gasteiger partial charge is 0.453 e. The summed E-state index contributed by atoms with van der Waals surface area (Å²) in [7, 11) is 2.47. The fourth-order valence-corrected chi connectivity index (χ4v) is 11.0. The van der Waals surface area contributed by atoms with E-state index in [1.165, 1.54) is 19.1 Å². The van der Waals surface area contributed by atoms with Gasteiger partial charge in [-0.1, -0.05) is 125 Å². The summed E-state index contributed by atoms with van der Waals surface area (Å²) in [5.74, 6) is -2.80. The second kappa shape index (κ2) is 22.5. The van der Waals surface area contributed by atoms with Crippen molar-refractivity contribution in [2.24, 2.45) is 0 Å². The summed E-state index contributed by atoms with van der Waals surface area (Å²) in [6.45, 7) is 5.35. The van der Waals surface area contributed by atoms with Crippen LogP contribution in [0.4, 0.5) is 21.0 Å². The number of likely N-dealkylation sites (tertiary alicyclic amines) is 2. The molecule has 6 amide bonds. The minimum Gasteiger partial charge on any atom is -0.453 e. The summed E-state index contributed by atoms with van der Waals surface area (Å²) in [6, 6.07) is 25.9. The van der Waals surface area contributed by atoms with E-state index >= 15 is 0 Å². The third-order valence-corrected chi connectivity index (χ3v) is 14.5. The van der Waals surface area contributed by atoms with Gasteiger partial charge in [-0.3, -0.25) is 19.2 Å². The number of anilines is 2. The molecule has 0 radical (unpaired) electrons. The van der Waals surface area contributed by atoms with Gasteiger partial charge in [-0.25, -0.2) is 9.59 Å². The molecule has 71 heavy (non-hydrogen) atoms. The number of amides is 6. The number of unbranched alkanes of at least 4 members (excludes halogenated alkanes) is 4. The van der Waals surface area contributed by atoms with Crippen LogP contribution in [-0.4, -0.2) is 104 Å². The van der Waals surface area contributed by atoms with Crippen LogP contribution in [0.2, 0.25) is 0 Å². The average Bonchev–Trinajstić information content (AvgIpc) is 4.21. The molecular formula is C55H66N6O10. The highest BCUT2D eigenvalue weighted by Gasteiger charge is 2.54. The maximum Gasteiger partial charge on any atom is 0.407 e. The van der Waals surface area contributed by atoms with Crippen LogP contribution in [0.15, 0.2) is 97.1 Å². The Morgan fingerprint density at radius 2 is 1.11 bits per heavy atom. The van der Waals surface area contributed by atoms with Gasteiger partial charge in [0.1, 0.15) is 24.2 Å². The van der Waals surface area contributed by atoms with Gasteiger partial charge in [0.2, 0.25) is 11.8 Å². The standard InChI is InChI=1S/C55H66N6O10/c1-5-7-15-27-54(28-16-8-6-2)42-32-38(56-48(62)44-22-17-29-60(44)50(64)46(58-52(66)68-3)36-18-11-9-12-19-36)23-25-40(42)41-26-24-39(33-43(41)54)57-49(63)45-34-55(70-30-31-71-55)35-61(45)51(65)47(59-53(67)69-4)37-20-13-10-14-21-37/h9-14,18-21,23-26,32-33,44-47H,5-8,15-17,22,27-31,34-35H2,1-4H3,(H,56,62)(H,57,63)(H,58,66)(H,59,67)/t44-,45-,46+,47+/m0/s1. The maximum atomic E-state index is 14.7. The third kappa shape index (κ3) is 10.8. The van der Waals surface area contributed by atoms with Gasteiger partial charge in [0.05, 0.1) is 34.0 Å². The average molecular weight is 971 g/mol. The van der Waals surface area contributed by atoms with Crippen LogP contribution in [0.5, 0.6) is 0 Å². The van der Waals surface area contributed by atoms with Crippen molar-refractivity contribution < 1.29 is 47.7 Å². The van der Waals surface area contributed by atoms with E-state index in [-0.39, 0.29) is 18.9 Å². The first kappa shape index (κ1) is 50.6. The lowest BCUT2D eigenvalue weighted by Crippen LogP contribution is -2.49. The van der Waals surface area contributed by atoms with Crippen molar-refractivity contribution in [3.05, 3.63) is 119 Å². The van der Waals surface area contributed by atoms with E-state index in [0.29, 0.717) is 55.1 Å². The predicted molar refractivity (Wildman–Crippen MR) is 267 cm³/mol. The molecule has 4 atom stereocenters. The maximum absolute atomic E-state index is 14.7. The summed E-state index contributed by atoms with van der Waals surface area (Å²) in [4.78, 5) is 85.8. The number of nitrogens with zero attached hydrogens (tertiary/aromatic N) is 2. The molecule has 0 aromatic heterocycles. The van der Waals surface area contributed by atoms with Gasteiger partial charge in [-0.15, -0.1) is 0 Å². The summed E-state index contributed by atoms with van der Waals surface area (Å²) in [5.41, 5.74) is 6.12. The molecule has 4 aromatic carbocycles. The van der Waals surface area contributed by atoms with E-state index < -0.39 is 65.3 Å². The smallest absolute Gasteiger partial charge is 0.407 e. The molecule has 0 unspecified atom stereocenters. The monoisotopic (exact) mass is 970 g/mol. The van der Waals surface area contributed by atoms with E-state index in [4.69, 9.17) is 18.9 Å². The predicted octanol–water partition coefficient (Wildman–Crippen LogP) is 8.52. The topological polar surface area (TPSA) is 194 Å². The lowest BCUT2D eigenvalue weighted by atomic mass is 9.70. The number of nitrogens with one attached hydrogen (secondary N) is 4. The van der Waals surface area contributed by atoms with E-state index in [0.717, 1.165) is 73.6 Å². The number of alkyl carbamates (subject to hydrolysis) is 2. The van der Waals surface area contributed by atoms with Crippen LogP contribution in [-0.2, 0) is 43.5 Å². The zero-order valence-electron chi connectivity index (χ0n) is 41.1. The Morgan fingerprint density at radius 3 is 1.59 bits per heavy atom. The number of fused-ring (bicyclic) bond motifs is 3. The SMILES string of the molecule is CCCCCC1(CCCCC)c2cc(NC(=O)[C@@H]3CCCN3C(=O)[C@H](NC(=O)OC)c3ccccc3)ccc2-c2ccc(NC(=O)[C@@H]3CC4(CN3C(=O)[C@H](NC(=O)OC)c3ccccc3)OCCO4)cc21. The summed E-state index contributed by atoms with van der Waals surface area (Å²) in [6.07, 6.45) is 7.35. The van der Waals surface area contributed by atoms with Gasteiger partial charge in [-0.05, 0) is 83.3 Å². The van der Waals surface area contributed by atoms with E-state index in [9.17, 15) is 28.8 Å². The van der Waals surface area contributed by atoms with Crippen molar-refractivity contribution in [1.29, 1.82) is 0 Å². The molecule has 8 rings (SSSR count). The molecule has 1 aliphatic carbocycles. The number of hydrogen-bond donors (Lipinski definition) is 4. The fourth-order valence-electron chi connectivity index (χ4n) is 11.0. The van der Waals surface area contributed by atoms with Gasteiger partial charge in [0.25, 0.3) is 11.8 Å². The van der Waals surface area contributed by atoms with Crippen molar-refractivity contribution >= 4 is 47.2 Å². The molecule has 4 aliphatic rings. The van der Waals surface area contributed by atoms with Crippen LogP contribution in [0.25, 0.3) is 11.1 Å². The van der Waals surface area contributed by atoms with Crippen molar-refractivity contribution in [2.75, 3.05) is 51.2 Å². The van der Waals surface area contributed by atoms with E-state index in [2.05, 4.69) is 53.3 Å². The minimum atomic E-state index is -1.18. The molecule has 16 nitrogen and oxygen atoms in total. The summed E-state index contributed by atoms with van der Waals surface area (Å²) < 4.78 is 21.9. The molecule has 3 aliphatic heterocycles. The van der Waals surface area contributed by atoms with Crippen molar-refractivity contribution in [3.63, 3.8) is 0 Å². The van der Waals surface area contributed by atoms with Gasteiger partial charge >= 0.3 is 12.2 Å². The Labute approximate surface area is 415 Å². The van der Waals surface area contributed by atoms with Gasteiger partial charge < -0.3 is 50.0 Å². The highest BCUT2D eigenvalue weighted by Crippen LogP contribution is 2.55. The Bertz CT molecular complexity index is 2560. The second-order valence-corrected chi connectivity index (χ2v) is 18.9. The normalized spacial score (nSPS) is 19.0. The lowest BCUT2D eigenvalue weighted by Gasteiger charge is -2.33. The third-order valence-electron chi connectivity index (χ3n) is 14.5. The molecule has 3 fully saturated rings. The number of hydrogen-bond acceptors (Lipinski definition) is 10. The number of methoxy groups -OCH3 is 2. The Balaban J connectivity index is 1.08. The van der Waals surface area contributed by atoms with Gasteiger partial charge in [-0.2, -0.15) is 0 Å². The molecule has 0 saturated carbocycles. The number of carbonyl (C=O) groups is 6. The highest BCUT2D eigenvalue weighted by molar-refractivity contribution is 6.01. The zero-order valence-corrected chi connectivity index (χ0v) is 41.1. The Hall–Kier alpha value is -6.78. The molecule has 3 saturated heterocycles. The zero-order chi connectivity index (χ0) is 50.1. The molecule has 3 heterocycles. The van der Waals surface area contributed by atoms with Crippen LogP contribution in [0, 0.1) is 0 Å². The van der Waals surface area contributed by atoms with Gasteiger partial charge in [0.15, 0.2) is 5.79 Å². The number of ether oxygens (including phenoxy) is 4. The quantitative estimate of drug-likeness (QED) is 0.0703. The van der Waals surface area contributed by atoms with Gasteiger partial charge in [0, 0.05) is 29.8 Å². The summed E-state index contributed by atoms with van der Waals surface area (Å²) >= 11 is 0. The van der Waals surface area contributed by atoms with Crippen LogP contribution >= 0.6 is 0 Å². The van der Waals surface area contributed by atoms with Crippen molar-refractivity contribution in [2.45, 2.75) is 120 Å². The van der Waals surface area contributed by atoms with Crippen LogP contribution in [0.1, 0.15) is 119 Å². The van der Waals surface area contributed by atoms with Crippen molar-refractivity contribution in [1.82, 2.24) is 20.4 Å². The Morgan fingerprint density at radius 1 is 0.634 bits per heavy atom. The molecule has 4 N–H and O–H groups in total. The number of benzene rings is 4. The fraction of sp³-hybridized carbons (Fsp3) is 0.455. The van der Waals surface area contributed by atoms with E-state index in [1.54, 1.807) is 53.4 Å². The molecular weight excluding hydrogens is 905 g/mol. The first-order valence-corrected chi connectivity index (χ1v) is 25.0. The molecule has 16 heteroatoms. The second-order valence-electron chi connectivity index (χ2n) is 18.9. The molecule has 1 spiro atoms. The summed E-state index contributed by atoms with van der Waals surface area (Å²) in [5, 5.41) is 11.7. The first-order valence-electron chi connectivity index (χ1n) is 25.0. The minimum absolute atomic E-state index is 0.0116. The van der Waals surface area contributed by atoms with Crippen LogP contribution < -0.4 is 21.3 Å². The molecule has 4 aromatic rings. The number of carbonyl (C=O) groups excluding carboxylic acids is 6. The van der Waals surface area contributed by atoms with E-state index in [1.807, 2.05) is 30.3 Å². The lowest BCUT2D eigenvalue weighted by molar-refractivity contribution is -0.153. The first-order chi connectivity index (χ1) is 34.4. The Kier molecular flexibility index (Phi) is 16.1.